The van der Waals surface area contributed by atoms with Crippen molar-refractivity contribution in [2.75, 3.05) is 6.54 Å². The van der Waals surface area contributed by atoms with Crippen molar-refractivity contribution in [1.82, 2.24) is 5.32 Å². The van der Waals surface area contributed by atoms with Gasteiger partial charge in [-0.3, -0.25) is 14.6 Å². The molecule has 1 aliphatic heterocycles. The summed E-state index contributed by atoms with van der Waals surface area (Å²) in [5.41, 5.74) is 8.41. The van der Waals surface area contributed by atoms with E-state index in [1.807, 2.05) is 30.3 Å². The molecule has 1 heterocycles. The quantitative estimate of drug-likeness (QED) is 0.532. The second kappa shape index (κ2) is 10.2. The minimum Gasteiger partial charge on any atom is -0.370 e. The SMILES string of the molecule is NC(=O)C[C@@H](Cc1ccccc1)NC(=O)c1cccc(F)c1C1=NCC(c2ccc(F)cc2)=C1. The number of primary amides is 1. The van der Waals surface area contributed by atoms with Crippen LogP contribution < -0.4 is 11.1 Å². The molecule has 3 N–H and O–H groups in total. The first-order chi connectivity index (χ1) is 16.4. The van der Waals surface area contributed by atoms with Gasteiger partial charge in [0.05, 0.1) is 17.8 Å². The molecule has 0 spiro atoms. The van der Waals surface area contributed by atoms with Gasteiger partial charge in [0, 0.05) is 18.0 Å². The molecular formula is C27H23F2N3O2. The average Bonchev–Trinajstić information content (AvgIpc) is 3.29. The van der Waals surface area contributed by atoms with Crippen molar-refractivity contribution < 1.29 is 18.4 Å². The van der Waals surface area contributed by atoms with Gasteiger partial charge in [-0.1, -0.05) is 48.5 Å². The fourth-order valence-electron chi connectivity index (χ4n) is 3.97. The summed E-state index contributed by atoms with van der Waals surface area (Å²) in [5, 5.41) is 2.83. The number of aliphatic imine (C=N–C) groups is 1. The molecule has 1 aliphatic rings. The number of nitrogens with two attached hydrogens (primary N) is 1. The molecule has 0 unspecified atom stereocenters. The molecule has 0 bridgehead atoms. The van der Waals surface area contributed by atoms with Gasteiger partial charge >= 0.3 is 0 Å². The number of rotatable bonds is 8. The summed E-state index contributed by atoms with van der Waals surface area (Å²) in [5.74, 6) is -2.01. The van der Waals surface area contributed by atoms with E-state index in [1.54, 1.807) is 18.2 Å². The molecule has 34 heavy (non-hydrogen) atoms. The van der Waals surface area contributed by atoms with E-state index < -0.39 is 23.7 Å². The Balaban J connectivity index is 1.60. The van der Waals surface area contributed by atoms with Crippen LogP contribution in [0.15, 0.2) is 83.9 Å². The van der Waals surface area contributed by atoms with Crippen LogP contribution in [0.1, 0.15) is 33.5 Å². The second-order valence-corrected chi connectivity index (χ2v) is 8.07. The van der Waals surface area contributed by atoms with Gasteiger partial charge in [-0.25, -0.2) is 8.78 Å². The standard InChI is InChI=1S/C27H23F2N3O2/c28-20-11-9-18(10-12-20)19-14-24(31-16-19)26-22(7-4-8-23(26)29)27(34)32-21(15-25(30)33)13-17-5-2-1-3-6-17/h1-12,14,21H,13,15-16H2,(H2,30,33)(H,32,34)/t21-/m1/s1. The monoisotopic (exact) mass is 459 g/mol. The molecule has 4 rings (SSSR count). The van der Waals surface area contributed by atoms with Crippen LogP contribution in [0.4, 0.5) is 8.78 Å². The van der Waals surface area contributed by atoms with E-state index in [0.29, 0.717) is 12.1 Å². The van der Waals surface area contributed by atoms with E-state index in [4.69, 9.17) is 5.73 Å². The Morgan fingerprint density at radius 2 is 1.71 bits per heavy atom. The molecular weight excluding hydrogens is 436 g/mol. The molecule has 0 radical (unpaired) electrons. The maximum atomic E-state index is 14.9. The van der Waals surface area contributed by atoms with E-state index in [1.165, 1.54) is 30.3 Å². The predicted molar refractivity (Wildman–Crippen MR) is 127 cm³/mol. The third kappa shape index (κ3) is 5.43. The van der Waals surface area contributed by atoms with Gasteiger partial charge in [0.1, 0.15) is 11.6 Å². The lowest BCUT2D eigenvalue weighted by Crippen LogP contribution is -2.40. The largest absolute Gasteiger partial charge is 0.370 e. The number of hydrogen-bond acceptors (Lipinski definition) is 3. The number of carbonyl (C=O) groups excluding carboxylic acids is 2. The van der Waals surface area contributed by atoms with Crippen molar-refractivity contribution in [3.05, 3.63) is 113 Å². The summed E-state index contributed by atoms with van der Waals surface area (Å²) < 4.78 is 28.2. The normalized spacial score (nSPS) is 13.7. The van der Waals surface area contributed by atoms with Crippen molar-refractivity contribution in [1.29, 1.82) is 0 Å². The lowest BCUT2D eigenvalue weighted by atomic mass is 9.98. The highest BCUT2D eigenvalue weighted by Crippen LogP contribution is 2.25. The van der Waals surface area contributed by atoms with E-state index in [9.17, 15) is 18.4 Å². The number of halogens is 2. The summed E-state index contributed by atoms with van der Waals surface area (Å²) in [6.45, 7) is 0.286. The van der Waals surface area contributed by atoms with Crippen LogP contribution in [0.2, 0.25) is 0 Å². The summed E-state index contributed by atoms with van der Waals surface area (Å²) >= 11 is 0. The third-order valence-electron chi connectivity index (χ3n) is 5.57. The number of allylic oxidation sites excluding steroid dienone is 1. The lowest BCUT2D eigenvalue weighted by Gasteiger charge is -2.19. The van der Waals surface area contributed by atoms with Crippen molar-refractivity contribution in [3.8, 4) is 0 Å². The minimum atomic E-state index is -0.586. The Bertz CT molecular complexity index is 1270. The van der Waals surface area contributed by atoms with Crippen LogP contribution >= 0.6 is 0 Å². The summed E-state index contributed by atoms with van der Waals surface area (Å²) in [6.07, 6.45) is 2.05. The zero-order chi connectivity index (χ0) is 24.1. The van der Waals surface area contributed by atoms with Gasteiger partial charge in [-0.2, -0.15) is 0 Å². The molecule has 1 atom stereocenters. The molecule has 2 amide bonds. The molecule has 172 valence electrons. The first-order valence-corrected chi connectivity index (χ1v) is 10.8. The second-order valence-electron chi connectivity index (χ2n) is 8.07. The Kier molecular flexibility index (Phi) is 6.92. The number of hydrogen-bond donors (Lipinski definition) is 2. The molecule has 0 saturated heterocycles. The molecule has 3 aromatic rings. The van der Waals surface area contributed by atoms with E-state index >= 15 is 0 Å². The Hall–Kier alpha value is -4.13. The highest BCUT2D eigenvalue weighted by Gasteiger charge is 2.24. The summed E-state index contributed by atoms with van der Waals surface area (Å²) in [4.78, 5) is 29.2. The molecule has 0 fully saturated rings. The van der Waals surface area contributed by atoms with Crippen molar-refractivity contribution in [3.63, 3.8) is 0 Å². The number of carbonyl (C=O) groups is 2. The minimum absolute atomic E-state index is 0.0547. The number of nitrogens with zero attached hydrogens (tertiary/aromatic N) is 1. The molecule has 0 saturated carbocycles. The zero-order valence-electron chi connectivity index (χ0n) is 18.3. The third-order valence-corrected chi connectivity index (χ3v) is 5.57. The van der Waals surface area contributed by atoms with Crippen LogP contribution in [0, 0.1) is 11.6 Å². The maximum Gasteiger partial charge on any atom is 0.252 e. The Labute approximate surface area is 196 Å². The fraction of sp³-hybridized carbons (Fsp3) is 0.148. The molecule has 7 heteroatoms. The van der Waals surface area contributed by atoms with Crippen LogP contribution in [0.25, 0.3) is 5.57 Å². The highest BCUT2D eigenvalue weighted by molar-refractivity contribution is 6.19. The van der Waals surface area contributed by atoms with Crippen LogP contribution in [-0.4, -0.2) is 30.1 Å². The number of benzene rings is 3. The van der Waals surface area contributed by atoms with Gasteiger partial charge in [0.15, 0.2) is 0 Å². The smallest absolute Gasteiger partial charge is 0.252 e. The van der Waals surface area contributed by atoms with Crippen LogP contribution in [0.3, 0.4) is 0 Å². The maximum absolute atomic E-state index is 14.9. The molecule has 3 aromatic carbocycles. The molecule has 0 aromatic heterocycles. The summed E-state index contributed by atoms with van der Waals surface area (Å²) in [6, 6.07) is 19.0. The Morgan fingerprint density at radius 3 is 2.41 bits per heavy atom. The van der Waals surface area contributed by atoms with E-state index in [0.717, 1.165) is 16.7 Å². The average molecular weight is 459 g/mol. The molecule has 0 aliphatic carbocycles. The predicted octanol–water partition coefficient (Wildman–Crippen LogP) is 4.07. The van der Waals surface area contributed by atoms with Gasteiger partial charge in [-0.05, 0) is 53.5 Å². The Morgan fingerprint density at radius 1 is 0.971 bits per heavy atom. The van der Waals surface area contributed by atoms with Crippen molar-refractivity contribution in [2.24, 2.45) is 10.7 Å². The number of amides is 2. The van der Waals surface area contributed by atoms with Gasteiger partial charge in [0.2, 0.25) is 5.91 Å². The molecule has 5 nitrogen and oxygen atoms in total. The van der Waals surface area contributed by atoms with Gasteiger partial charge in [0.25, 0.3) is 5.91 Å². The summed E-state index contributed by atoms with van der Waals surface area (Å²) in [7, 11) is 0. The zero-order valence-corrected chi connectivity index (χ0v) is 18.3. The fourth-order valence-corrected chi connectivity index (χ4v) is 3.97. The van der Waals surface area contributed by atoms with Gasteiger partial charge in [-0.15, -0.1) is 0 Å². The first-order valence-electron chi connectivity index (χ1n) is 10.8. The van der Waals surface area contributed by atoms with Crippen LogP contribution in [0.5, 0.6) is 0 Å². The van der Waals surface area contributed by atoms with E-state index in [2.05, 4.69) is 10.3 Å². The lowest BCUT2D eigenvalue weighted by molar-refractivity contribution is -0.118. The highest BCUT2D eigenvalue weighted by atomic mass is 19.1. The topological polar surface area (TPSA) is 84.5 Å². The van der Waals surface area contributed by atoms with E-state index in [-0.39, 0.29) is 29.9 Å². The van der Waals surface area contributed by atoms with Gasteiger partial charge < -0.3 is 11.1 Å². The van der Waals surface area contributed by atoms with Crippen molar-refractivity contribution in [2.45, 2.75) is 18.9 Å². The van der Waals surface area contributed by atoms with Crippen molar-refractivity contribution >= 4 is 23.1 Å². The van der Waals surface area contributed by atoms with Crippen LogP contribution in [-0.2, 0) is 11.2 Å². The number of nitrogens with one attached hydrogen (secondary N) is 1. The first kappa shape index (κ1) is 23.0.